The highest BCUT2D eigenvalue weighted by atomic mass is 16.5. The van der Waals surface area contributed by atoms with Gasteiger partial charge in [0.25, 0.3) is 5.91 Å². The van der Waals surface area contributed by atoms with E-state index in [1.165, 1.54) is 16.7 Å². The Morgan fingerprint density at radius 3 is 2.65 bits per heavy atom. The van der Waals surface area contributed by atoms with E-state index in [2.05, 4.69) is 48.3 Å². The molecule has 1 aliphatic heterocycles. The van der Waals surface area contributed by atoms with Crippen molar-refractivity contribution in [3.05, 3.63) is 70.3 Å². The van der Waals surface area contributed by atoms with Crippen molar-refractivity contribution in [1.82, 2.24) is 10.2 Å². The third kappa shape index (κ3) is 4.71. The number of carbonyl (C=O) groups is 1. The maximum Gasteiger partial charge on any atom is 0.251 e. The molecular weight excluding hydrogens is 324 g/mol. The fraction of sp³-hybridized carbons (Fsp3) is 0.409. The molecule has 3 rings (SSSR count). The minimum absolute atomic E-state index is 0.0222. The Morgan fingerprint density at radius 2 is 1.92 bits per heavy atom. The molecule has 0 saturated carbocycles. The molecule has 4 nitrogen and oxygen atoms in total. The number of morpholine rings is 1. The second kappa shape index (κ2) is 8.47. The monoisotopic (exact) mass is 352 g/mol. The fourth-order valence-electron chi connectivity index (χ4n) is 3.50. The van der Waals surface area contributed by atoms with E-state index in [0.717, 1.165) is 38.4 Å². The highest BCUT2D eigenvalue weighted by Crippen LogP contribution is 2.19. The Kier molecular flexibility index (Phi) is 6.07. The molecule has 0 bridgehead atoms. The van der Waals surface area contributed by atoms with Gasteiger partial charge < -0.3 is 10.1 Å². The summed E-state index contributed by atoms with van der Waals surface area (Å²) in [6.45, 7) is 10.5. The predicted molar refractivity (Wildman–Crippen MR) is 104 cm³/mol. The van der Waals surface area contributed by atoms with Crippen LogP contribution in [0.3, 0.4) is 0 Å². The first-order chi connectivity index (χ1) is 12.5. The van der Waals surface area contributed by atoms with Crippen molar-refractivity contribution in [2.75, 3.05) is 26.3 Å². The molecule has 1 fully saturated rings. The van der Waals surface area contributed by atoms with Crippen LogP contribution in [0.2, 0.25) is 0 Å². The minimum Gasteiger partial charge on any atom is -0.379 e. The van der Waals surface area contributed by atoms with Gasteiger partial charge in [0.2, 0.25) is 0 Å². The molecule has 0 spiro atoms. The van der Waals surface area contributed by atoms with Crippen LogP contribution in [-0.2, 0) is 11.3 Å². The summed E-state index contributed by atoms with van der Waals surface area (Å²) in [6.07, 6.45) is 0. The van der Waals surface area contributed by atoms with Crippen molar-refractivity contribution < 1.29 is 9.53 Å². The summed E-state index contributed by atoms with van der Waals surface area (Å²) in [4.78, 5) is 15.1. The van der Waals surface area contributed by atoms with Gasteiger partial charge in [-0.1, -0.05) is 35.9 Å². The molecule has 0 unspecified atom stereocenters. The van der Waals surface area contributed by atoms with E-state index < -0.39 is 0 Å². The summed E-state index contributed by atoms with van der Waals surface area (Å²) in [5.74, 6) is -0.0266. The van der Waals surface area contributed by atoms with Gasteiger partial charge in [-0.25, -0.2) is 0 Å². The normalized spacial score (nSPS) is 16.3. The van der Waals surface area contributed by atoms with Gasteiger partial charge in [-0.2, -0.15) is 0 Å². The van der Waals surface area contributed by atoms with Crippen molar-refractivity contribution in [3.8, 4) is 0 Å². The summed E-state index contributed by atoms with van der Waals surface area (Å²) in [5, 5.41) is 3.13. The molecule has 1 aliphatic rings. The van der Waals surface area contributed by atoms with Crippen molar-refractivity contribution in [3.63, 3.8) is 0 Å². The predicted octanol–water partition coefficient (Wildman–Crippen LogP) is 3.63. The van der Waals surface area contributed by atoms with Crippen molar-refractivity contribution in [2.45, 2.75) is 33.4 Å². The number of hydrogen-bond donors (Lipinski definition) is 1. The smallest absolute Gasteiger partial charge is 0.251 e. The molecule has 1 atom stereocenters. The average Bonchev–Trinajstić information content (AvgIpc) is 2.62. The number of rotatable bonds is 5. The third-order valence-corrected chi connectivity index (χ3v) is 4.94. The van der Waals surface area contributed by atoms with Gasteiger partial charge in [0, 0.05) is 25.2 Å². The first-order valence-corrected chi connectivity index (χ1v) is 9.30. The summed E-state index contributed by atoms with van der Waals surface area (Å²) < 4.78 is 5.40. The largest absolute Gasteiger partial charge is 0.379 e. The van der Waals surface area contributed by atoms with E-state index in [4.69, 9.17) is 4.74 Å². The van der Waals surface area contributed by atoms with Crippen LogP contribution in [-0.4, -0.2) is 37.1 Å². The van der Waals surface area contributed by atoms with Gasteiger partial charge in [0.05, 0.1) is 19.3 Å². The van der Waals surface area contributed by atoms with Crippen LogP contribution in [0.1, 0.15) is 45.6 Å². The second-order valence-corrected chi connectivity index (χ2v) is 7.14. The molecule has 0 aliphatic carbocycles. The Bertz CT molecular complexity index is 766. The number of nitrogens with zero attached hydrogens (tertiary/aromatic N) is 1. The standard InChI is InChI=1S/C22H28N2O2/c1-16-7-8-21(17(2)13-16)18(3)23-22(25)20-6-4-5-19(14-20)15-24-9-11-26-12-10-24/h4-8,13-14,18H,9-12,15H2,1-3H3,(H,23,25)/t18-/m1/s1. The number of benzene rings is 2. The van der Waals surface area contributed by atoms with Crippen molar-refractivity contribution in [2.24, 2.45) is 0 Å². The second-order valence-electron chi connectivity index (χ2n) is 7.14. The van der Waals surface area contributed by atoms with Crippen LogP contribution >= 0.6 is 0 Å². The van der Waals surface area contributed by atoms with E-state index >= 15 is 0 Å². The van der Waals surface area contributed by atoms with Crippen LogP contribution in [0.25, 0.3) is 0 Å². The molecule has 2 aromatic rings. The Hall–Kier alpha value is -2.17. The lowest BCUT2D eigenvalue weighted by Crippen LogP contribution is -2.35. The highest BCUT2D eigenvalue weighted by Gasteiger charge is 2.15. The van der Waals surface area contributed by atoms with E-state index in [-0.39, 0.29) is 11.9 Å². The quantitative estimate of drug-likeness (QED) is 0.893. The molecule has 1 N–H and O–H groups in total. The molecule has 138 valence electrons. The lowest BCUT2D eigenvalue weighted by molar-refractivity contribution is 0.0342. The summed E-state index contributed by atoms with van der Waals surface area (Å²) in [5.41, 5.74) is 5.49. The van der Waals surface area contributed by atoms with E-state index in [0.29, 0.717) is 5.56 Å². The Labute approximate surface area is 156 Å². The van der Waals surface area contributed by atoms with Crippen molar-refractivity contribution in [1.29, 1.82) is 0 Å². The minimum atomic E-state index is -0.0266. The highest BCUT2D eigenvalue weighted by molar-refractivity contribution is 5.94. The summed E-state index contributed by atoms with van der Waals surface area (Å²) in [6, 6.07) is 14.3. The molecule has 0 aromatic heterocycles. The van der Waals surface area contributed by atoms with Crippen molar-refractivity contribution >= 4 is 5.91 Å². The molecule has 1 saturated heterocycles. The first kappa shape index (κ1) is 18.6. The van der Waals surface area contributed by atoms with Gasteiger partial charge in [0.15, 0.2) is 0 Å². The van der Waals surface area contributed by atoms with Crippen LogP contribution in [0.15, 0.2) is 42.5 Å². The lowest BCUT2D eigenvalue weighted by Gasteiger charge is -2.26. The SMILES string of the molecule is Cc1ccc([C@@H](C)NC(=O)c2cccc(CN3CCOCC3)c2)c(C)c1. The zero-order valence-electron chi connectivity index (χ0n) is 15.9. The molecule has 26 heavy (non-hydrogen) atoms. The van der Waals surface area contributed by atoms with Gasteiger partial charge in [0.1, 0.15) is 0 Å². The molecule has 4 heteroatoms. The number of hydrogen-bond acceptors (Lipinski definition) is 3. The topological polar surface area (TPSA) is 41.6 Å². The number of carbonyl (C=O) groups excluding carboxylic acids is 1. The molecule has 0 radical (unpaired) electrons. The Balaban J connectivity index is 1.66. The fourth-order valence-corrected chi connectivity index (χ4v) is 3.50. The van der Waals surface area contributed by atoms with Crippen LogP contribution in [0.5, 0.6) is 0 Å². The van der Waals surface area contributed by atoms with E-state index in [9.17, 15) is 4.79 Å². The molecule has 2 aromatic carbocycles. The average molecular weight is 352 g/mol. The maximum absolute atomic E-state index is 12.7. The van der Waals surface area contributed by atoms with E-state index in [1.54, 1.807) is 0 Å². The number of amides is 1. The first-order valence-electron chi connectivity index (χ1n) is 9.30. The maximum atomic E-state index is 12.7. The van der Waals surface area contributed by atoms with Crippen LogP contribution in [0.4, 0.5) is 0 Å². The van der Waals surface area contributed by atoms with Gasteiger partial charge in [-0.3, -0.25) is 9.69 Å². The van der Waals surface area contributed by atoms with Gasteiger partial charge in [-0.15, -0.1) is 0 Å². The third-order valence-electron chi connectivity index (χ3n) is 4.94. The summed E-state index contributed by atoms with van der Waals surface area (Å²) in [7, 11) is 0. The number of aryl methyl sites for hydroxylation is 2. The number of ether oxygens (including phenoxy) is 1. The summed E-state index contributed by atoms with van der Waals surface area (Å²) >= 11 is 0. The van der Waals surface area contributed by atoms with Gasteiger partial charge in [-0.05, 0) is 49.6 Å². The van der Waals surface area contributed by atoms with Crippen LogP contribution in [0, 0.1) is 13.8 Å². The number of nitrogens with one attached hydrogen (secondary N) is 1. The van der Waals surface area contributed by atoms with Crippen LogP contribution < -0.4 is 5.32 Å². The zero-order valence-corrected chi connectivity index (χ0v) is 15.9. The Morgan fingerprint density at radius 1 is 1.15 bits per heavy atom. The zero-order chi connectivity index (χ0) is 18.5. The lowest BCUT2D eigenvalue weighted by atomic mass is 10.00. The molecule has 1 heterocycles. The van der Waals surface area contributed by atoms with Gasteiger partial charge >= 0.3 is 0 Å². The van der Waals surface area contributed by atoms with E-state index in [1.807, 2.05) is 25.1 Å². The molecular formula is C22H28N2O2. The molecule has 1 amide bonds.